The third kappa shape index (κ3) is 4.93. The Morgan fingerprint density at radius 3 is 2.14 bits per heavy atom. The van der Waals surface area contributed by atoms with Gasteiger partial charge in [-0.15, -0.1) is 23.1 Å². The van der Waals surface area contributed by atoms with Gasteiger partial charge in [0, 0.05) is 10.5 Å². The summed E-state index contributed by atoms with van der Waals surface area (Å²) in [6, 6.07) is 12.8. The van der Waals surface area contributed by atoms with Crippen molar-refractivity contribution in [3.05, 3.63) is 52.2 Å². The second-order valence-corrected chi connectivity index (χ2v) is 9.44. The standard InChI is InChI=1S/C22H28N2O3S2/c1-28-18-6-4-17(5-7-18)20(23-8-12-26-13-9-23)21(24-10-14-27-15-11-24)22(25)19-3-2-16-29-19/h2-7,16,20-21H,8-15H2,1H3/p+2/t20-,21+/m1/s1. The summed E-state index contributed by atoms with van der Waals surface area (Å²) in [7, 11) is 0. The lowest BCUT2D eigenvalue weighted by Gasteiger charge is -2.39. The summed E-state index contributed by atoms with van der Waals surface area (Å²) in [5, 5.41) is 2.00. The average molecular weight is 435 g/mol. The van der Waals surface area contributed by atoms with E-state index in [-0.39, 0.29) is 17.9 Å². The fourth-order valence-corrected chi connectivity index (χ4v) is 5.62. The van der Waals surface area contributed by atoms with Crippen molar-refractivity contribution in [3.8, 4) is 0 Å². The Morgan fingerprint density at radius 2 is 1.59 bits per heavy atom. The molecule has 0 amide bonds. The van der Waals surface area contributed by atoms with Crippen LogP contribution >= 0.6 is 23.1 Å². The highest BCUT2D eigenvalue weighted by Gasteiger charge is 2.46. The number of carbonyl (C=O) groups is 1. The molecule has 0 spiro atoms. The number of morpholine rings is 2. The van der Waals surface area contributed by atoms with Crippen LogP contribution in [0.25, 0.3) is 0 Å². The van der Waals surface area contributed by atoms with Crippen molar-refractivity contribution in [2.45, 2.75) is 17.0 Å². The highest BCUT2D eigenvalue weighted by atomic mass is 32.2. The zero-order valence-electron chi connectivity index (χ0n) is 16.9. The maximum atomic E-state index is 13.8. The van der Waals surface area contributed by atoms with E-state index in [1.54, 1.807) is 23.1 Å². The topological polar surface area (TPSA) is 44.4 Å². The maximum Gasteiger partial charge on any atom is 0.236 e. The number of ether oxygens (including phenoxy) is 2. The molecule has 0 aliphatic carbocycles. The van der Waals surface area contributed by atoms with Gasteiger partial charge in [-0.05, 0) is 29.8 Å². The Balaban J connectivity index is 1.74. The lowest BCUT2D eigenvalue weighted by atomic mass is 9.91. The summed E-state index contributed by atoms with van der Waals surface area (Å²) in [4.78, 5) is 18.7. The number of thiophene rings is 1. The minimum Gasteiger partial charge on any atom is -0.370 e. The van der Waals surface area contributed by atoms with Crippen LogP contribution in [-0.2, 0) is 9.47 Å². The second kappa shape index (κ2) is 10.2. The average Bonchev–Trinajstić information content (AvgIpc) is 3.33. The van der Waals surface area contributed by atoms with Crippen LogP contribution in [0.4, 0.5) is 0 Å². The van der Waals surface area contributed by atoms with Crippen molar-refractivity contribution >= 4 is 28.9 Å². The SMILES string of the molecule is CSc1ccc([C@H]([C@@H](C(=O)c2cccs2)[NH+]2CCOCC2)[NH+]2CCOCC2)cc1. The molecule has 1 aromatic heterocycles. The Hall–Kier alpha value is -1.22. The number of Topliss-reactive ketones (excluding diaryl/α,β-unsaturated/α-hetero) is 1. The lowest BCUT2D eigenvalue weighted by molar-refractivity contribution is -0.999. The molecule has 4 rings (SSSR count). The van der Waals surface area contributed by atoms with Gasteiger partial charge in [0.2, 0.25) is 11.8 Å². The first-order chi connectivity index (χ1) is 14.3. The predicted octanol–water partition coefficient (Wildman–Crippen LogP) is 0.593. The van der Waals surface area contributed by atoms with Crippen molar-refractivity contribution in [1.82, 2.24) is 0 Å². The van der Waals surface area contributed by atoms with Gasteiger partial charge in [0.1, 0.15) is 26.2 Å². The fourth-order valence-electron chi connectivity index (χ4n) is 4.51. The molecule has 29 heavy (non-hydrogen) atoms. The van der Waals surface area contributed by atoms with Crippen LogP contribution in [0.15, 0.2) is 46.7 Å². The molecule has 5 nitrogen and oxygen atoms in total. The highest BCUT2D eigenvalue weighted by Crippen LogP contribution is 2.22. The number of nitrogens with one attached hydrogen (secondary N) is 2. The number of thioether (sulfide) groups is 1. The predicted molar refractivity (Wildman–Crippen MR) is 116 cm³/mol. The molecule has 1 aromatic carbocycles. The highest BCUT2D eigenvalue weighted by molar-refractivity contribution is 7.98. The molecule has 0 bridgehead atoms. The first-order valence-corrected chi connectivity index (χ1v) is 12.4. The fraction of sp³-hybridized carbons (Fsp3) is 0.500. The monoisotopic (exact) mass is 434 g/mol. The quantitative estimate of drug-likeness (QED) is 0.495. The summed E-state index contributed by atoms with van der Waals surface area (Å²) in [5.41, 5.74) is 1.26. The molecule has 0 unspecified atom stereocenters. The molecule has 2 aliphatic rings. The van der Waals surface area contributed by atoms with Gasteiger partial charge >= 0.3 is 0 Å². The summed E-state index contributed by atoms with van der Waals surface area (Å²) < 4.78 is 11.3. The molecule has 2 aliphatic heterocycles. The van der Waals surface area contributed by atoms with Gasteiger partial charge < -0.3 is 19.3 Å². The minimum atomic E-state index is -0.106. The number of carbonyl (C=O) groups excluding carboxylic acids is 1. The zero-order valence-corrected chi connectivity index (χ0v) is 18.5. The van der Waals surface area contributed by atoms with Crippen molar-refractivity contribution < 1.29 is 24.1 Å². The summed E-state index contributed by atoms with van der Waals surface area (Å²) in [6.45, 7) is 6.59. The van der Waals surface area contributed by atoms with E-state index in [1.165, 1.54) is 20.3 Å². The smallest absolute Gasteiger partial charge is 0.236 e. The lowest BCUT2D eigenvalue weighted by Crippen LogP contribution is -3.25. The van der Waals surface area contributed by atoms with Crippen LogP contribution in [0.2, 0.25) is 0 Å². The molecule has 2 saturated heterocycles. The van der Waals surface area contributed by atoms with E-state index in [2.05, 4.69) is 30.5 Å². The molecule has 0 saturated carbocycles. The van der Waals surface area contributed by atoms with E-state index < -0.39 is 0 Å². The molecule has 2 atom stereocenters. The van der Waals surface area contributed by atoms with E-state index >= 15 is 0 Å². The first kappa shape index (κ1) is 21.0. The van der Waals surface area contributed by atoms with E-state index in [0.29, 0.717) is 0 Å². The number of hydrogen-bond acceptors (Lipinski definition) is 5. The number of benzene rings is 1. The Bertz CT molecular complexity index is 770. The number of ketones is 1. The van der Waals surface area contributed by atoms with Crippen LogP contribution in [0.5, 0.6) is 0 Å². The Kier molecular flexibility index (Phi) is 7.39. The van der Waals surface area contributed by atoms with E-state index in [0.717, 1.165) is 57.5 Å². The molecule has 156 valence electrons. The Labute approximate surface area is 181 Å². The van der Waals surface area contributed by atoms with Crippen LogP contribution in [0.3, 0.4) is 0 Å². The van der Waals surface area contributed by atoms with Crippen LogP contribution in [-0.4, -0.2) is 70.7 Å². The zero-order chi connectivity index (χ0) is 20.1. The Morgan fingerprint density at radius 1 is 0.966 bits per heavy atom. The van der Waals surface area contributed by atoms with Crippen LogP contribution in [0.1, 0.15) is 21.3 Å². The largest absolute Gasteiger partial charge is 0.370 e. The molecular formula is C22H30N2O3S2+2. The minimum absolute atomic E-state index is 0.106. The van der Waals surface area contributed by atoms with Crippen molar-refractivity contribution in [1.29, 1.82) is 0 Å². The first-order valence-electron chi connectivity index (χ1n) is 10.3. The van der Waals surface area contributed by atoms with Gasteiger partial charge in [0.05, 0.1) is 31.3 Å². The number of rotatable bonds is 7. The third-order valence-electron chi connectivity index (χ3n) is 6.00. The molecule has 2 aromatic rings. The van der Waals surface area contributed by atoms with Gasteiger partial charge in [-0.3, -0.25) is 4.79 Å². The third-order valence-corrected chi connectivity index (χ3v) is 7.63. The second-order valence-electron chi connectivity index (χ2n) is 7.61. The van der Waals surface area contributed by atoms with E-state index in [4.69, 9.17) is 9.47 Å². The van der Waals surface area contributed by atoms with Gasteiger partial charge in [0.15, 0.2) is 6.04 Å². The molecule has 0 radical (unpaired) electrons. The normalized spacial score (nSPS) is 21.0. The van der Waals surface area contributed by atoms with Gasteiger partial charge in [0.25, 0.3) is 0 Å². The van der Waals surface area contributed by atoms with E-state index in [9.17, 15) is 4.79 Å². The molecule has 2 N–H and O–H groups in total. The van der Waals surface area contributed by atoms with Crippen molar-refractivity contribution in [3.63, 3.8) is 0 Å². The van der Waals surface area contributed by atoms with Crippen molar-refractivity contribution in [2.24, 2.45) is 0 Å². The van der Waals surface area contributed by atoms with Gasteiger partial charge in [-0.2, -0.15) is 0 Å². The maximum absolute atomic E-state index is 13.8. The van der Waals surface area contributed by atoms with Crippen LogP contribution < -0.4 is 9.80 Å². The van der Waals surface area contributed by atoms with Gasteiger partial charge in [-0.25, -0.2) is 0 Å². The molecule has 7 heteroatoms. The number of quaternary nitrogens is 2. The van der Waals surface area contributed by atoms with E-state index in [1.807, 2.05) is 17.5 Å². The number of hydrogen-bond donors (Lipinski definition) is 2. The summed E-state index contributed by atoms with van der Waals surface area (Å²) >= 11 is 3.31. The molecule has 3 heterocycles. The van der Waals surface area contributed by atoms with Gasteiger partial charge in [-0.1, -0.05) is 18.2 Å². The van der Waals surface area contributed by atoms with Crippen LogP contribution in [0, 0.1) is 0 Å². The molecular weight excluding hydrogens is 404 g/mol. The summed E-state index contributed by atoms with van der Waals surface area (Å²) in [6.07, 6.45) is 2.10. The summed E-state index contributed by atoms with van der Waals surface area (Å²) in [5.74, 6) is 0.273. The van der Waals surface area contributed by atoms with Crippen molar-refractivity contribution in [2.75, 3.05) is 58.9 Å². The molecule has 2 fully saturated rings.